The quantitative estimate of drug-likeness (QED) is 0.740. The monoisotopic (exact) mass is 252 g/mol. The first kappa shape index (κ1) is 14.8. The van der Waals surface area contributed by atoms with Crippen LogP contribution in [0, 0.1) is 0 Å². The summed E-state index contributed by atoms with van der Waals surface area (Å²) >= 11 is 0. The molecule has 1 aromatic rings. The number of nitrogens with one attached hydrogen (secondary N) is 1. The Balaban J connectivity index is 2.44. The van der Waals surface area contributed by atoms with Crippen LogP contribution < -0.4 is 10.1 Å². The van der Waals surface area contributed by atoms with Gasteiger partial charge in [0.2, 0.25) is 0 Å². The molecule has 0 heterocycles. The minimum absolute atomic E-state index is 0.380. The fourth-order valence-electron chi connectivity index (χ4n) is 1.86. The molecule has 0 aromatic heterocycles. The molecule has 0 aliphatic heterocycles. The Morgan fingerprint density at radius 1 is 1.28 bits per heavy atom. The molecule has 18 heavy (non-hydrogen) atoms. The van der Waals surface area contributed by atoms with Crippen LogP contribution in [0.4, 0.5) is 5.69 Å². The van der Waals surface area contributed by atoms with Crippen molar-refractivity contribution in [2.75, 3.05) is 38.6 Å². The standard InChI is InChI=1S/C14H24N2O2/c1-4-16(5-2)11-12(17)10-15-13-8-6-7-9-14(13)18-3/h6-9,12,15,17H,4-5,10-11H2,1-3H3. The van der Waals surface area contributed by atoms with Crippen molar-refractivity contribution in [2.24, 2.45) is 0 Å². The molecule has 0 amide bonds. The van der Waals surface area contributed by atoms with Gasteiger partial charge in [0.05, 0.1) is 18.9 Å². The summed E-state index contributed by atoms with van der Waals surface area (Å²) in [5.74, 6) is 0.799. The Labute approximate surface area is 110 Å². The zero-order valence-corrected chi connectivity index (χ0v) is 11.5. The highest BCUT2D eigenvalue weighted by Crippen LogP contribution is 2.22. The fourth-order valence-corrected chi connectivity index (χ4v) is 1.86. The van der Waals surface area contributed by atoms with Crippen LogP contribution in [0.2, 0.25) is 0 Å². The third kappa shape index (κ3) is 4.55. The second kappa shape index (κ2) is 7.95. The number of hydrogen-bond acceptors (Lipinski definition) is 4. The van der Waals surface area contributed by atoms with E-state index < -0.39 is 0 Å². The summed E-state index contributed by atoms with van der Waals surface area (Å²) < 4.78 is 5.25. The molecule has 0 aliphatic carbocycles. The van der Waals surface area contributed by atoms with E-state index in [-0.39, 0.29) is 6.10 Å². The van der Waals surface area contributed by atoms with Gasteiger partial charge in [0.1, 0.15) is 5.75 Å². The van der Waals surface area contributed by atoms with E-state index in [1.54, 1.807) is 7.11 Å². The number of hydrogen-bond donors (Lipinski definition) is 2. The first-order chi connectivity index (χ1) is 8.71. The Morgan fingerprint density at radius 3 is 2.56 bits per heavy atom. The van der Waals surface area contributed by atoms with Crippen molar-refractivity contribution in [2.45, 2.75) is 20.0 Å². The fraction of sp³-hybridized carbons (Fsp3) is 0.571. The summed E-state index contributed by atoms with van der Waals surface area (Å²) in [6.07, 6.45) is -0.380. The maximum absolute atomic E-state index is 9.96. The van der Waals surface area contributed by atoms with Crippen molar-refractivity contribution >= 4 is 5.69 Å². The van der Waals surface area contributed by atoms with Crippen molar-refractivity contribution in [3.05, 3.63) is 24.3 Å². The highest BCUT2D eigenvalue weighted by atomic mass is 16.5. The number of aliphatic hydroxyl groups excluding tert-OH is 1. The Morgan fingerprint density at radius 2 is 1.94 bits per heavy atom. The van der Waals surface area contributed by atoms with Crippen molar-refractivity contribution < 1.29 is 9.84 Å². The van der Waals surface area contributed by atoms with Gasteiger partial charge in [-0.2, -0.15) is 0 Å². The Bertz CT molecular complexity index is 340. The zero-order valence-electron chi connectivity index (χ0n) is 11.5. The van der Waals surface area contributed by atoms with Crippen molar-refractivity contribution in [3.8, 4) is 5.75 Å². The third-order valence-electron chi connectivity index (χ3n) is 3.00. The highest BCUT2D eigenvalue weighted by molar-refractivity contribution is 5.56. The summed E-state index contributed by atoms with van der Waals surface area (Å²) in [6, 6.07) is 7.72. The van der Waals surface area contributed by atoms with Crippen LogP contribution in [0.15, 0.2) is 24.3 Å². The third-order valence-corrected chi connectivity index (χ3v) is 3.00. The lowest BCUT2D eigenvalue weighted by molar-refractivity contribution is 0.128. The molecule has 1 atom stereocenters. The summed E-state index contributed by atoms with van der Waals surface area (Å²) in [5, 5.41) is 13.2. The van der Waals surface area contributed by atoms with Crippen LogP contribution in [0.1, 0.15) is 13.8 Å². The Hall–Kier alpha value is -1.26. The Kier molecular flexibility index (Phi) is 6.54. The maximum Gasteiger partial charge on any atom is 0.141 e. The minimum Gasteiger partial charge on any atom is -0.495 e. The smallest absolute Gasteiger partial charge is 0.141 e. The van der Waals surface area contributed by atoms with Gasteiger partial charge >= 0.3 is 0 Å². The molecular weight excluding hydrogens is 228 g/mol. The van der Waals surface area contributed by atoms with Gasteiger partial charge in [-0.15, -0.1) is 0 Å². The lowest BCUT2D eigenvalue weighted by Crippen LogP contribution is -2.35. The maximum atomic E-state index is 9.96. The topological polar surface area (TPSA) is 44.7 Å². The second-order valence-electron chi connectivity index (χ2n) is 4.22. The second-order valence-corrected chi connectivity index (χ2v) is 4.22. The van der Waals surface area contributed by atoms with Gasteiger partial charge in [0.25, 0.3) is 0 Å². The van der Waals surface area contributed by atoms with Gasteiger partial charge in [-0.05, 0) is 25.2 Å². The van der Waals surface area contributed by atoms with E-state index in [2.05, 4.69) is 24.1 Å². The van der Waals surface area contributed by atoms with E-state index in [4.69, 9.17) is 4.74 Å². The molecule has 1 aromatic carbocycles. The highest BCUT2D eigenvalue weighted by Gasteiger charge is 2.09. The van der Waals surface area contributed by atoms with Crippen LogP contribution >= 0.6 is 0 Å². The van der Waals surface area contributed by atoms with Crippen LogP contribution in [-0.2, 0) is 0 Å². The van der Waals surface area contributed by atoms with Gasteiger partial charge in [-0.3, -0.25) is 0 Å². The first-order valence-corrected chi connectivity index (χ1v) is 6.48. The van der Waals surface area contributed by atoms with Gasteiger partial charge < -0.3 is 20.1 Å². The van der Waals surface area contributed by atoms with Crippen LogP contribution in [0.5, 0.6) is 5.75 Å². The molecule has 1 unspecified atom stereocenters. The SMILES string of the molecule is CCN(CC)CC(O)CNc1ccccc1OC. The molecule has 1 rings (SSSR count). The number of ether oxygens (including phenoxy) is 1. The molecule has 0 saturated heterocycles. The minimum atomic E-state index is -0.380. The summed E-state index contributed by atoms with van der Waals surface area (Å²) in [4.78, 5) is 2.20. The number of methoxy groups -OCH3 is 1. The average Bonchev–Trinajstić information content (AvgIpc) is 2.42. The lowest BCUT2D eigenvalue weighted by Gasteiger charge is -2.22. The molecule has 0 spiro atoms. The molecule has 4 heteroatoms. The molecule has 0 aliphatic rings. The summed E-state index contributed by atoms with van der Waals surface area (Å²) in [6.45, 7) is 7.34. The molecular formula is C14H24N2O2. The van der Waals surface area contributed by atoms with E-state index in [1.165, 1.54) is 0 Å². The number of para-hydroxylation sites is 2. The zero-order chi connectivity index (χ0) is 13.4. The largest absolute Gasteiger partial charge is 0.495 e. The van der Waals surface area contributed by atoms with Crippen molar-refractivity contribution in [1.82, 2.24) is 4.90 Å². The van der Waals surface area contributed by atoms with E-state index in [0.29, 0.717) is 13.1 Å². The molecule has 102 valence electrons. The predicted molar refractivity (Wildman–Crippen MR) is 75.3 cm³/mol. The predicted octanol–water partition coefficient (Wildman–Crippen LogP) is 1.81. The number of nitrogens with zero attached hydrogens (tertiary/aromatic N) is 1. The molecule has 2 N–H and O–H groups in total. The van der Waals surface area contributed by atoms with Gasteiger partial charge in [0, 0.05) is 13.1 Å². The van der Waals surface area contributed by atoms with Crippen molar-refractivity contribution in [1.29, 1.82) is 0 Å². The van der Waals surface area contributed by atoms with Crippen molar-refractivity contribution in [3.63, 3.8) is 0 Å². The number of likely N-dealkylation sites (N-methyl/N-ethyl adjacent to an activating group) is 1. The van der Waals surface area contributed by atoms with Crippen LogP contribution in [0.3, 0.4) is 0 Å². The van der Waals surface area contributed by atoms with E-state index in [9.17, 15) is 5.11 Å². The summed E-state index contributed by atoms with van der Waals surface area (Å²) in [7, 11) is 1.65. The van der Waals surface area contributed by atoms with Crippen LogP contribution in [0.25, 0.3) is 0 Å². The number of aliphatic hydroxyl groups is 1. The molecule has 4 nitrogen and oxygen atoms in total. The van der Waals surface area contributed by atoms with E-state index >= 15 is 0 Å². The first-order valence-electron chi connectivity index (χ1n) is 6.48. The normalized spacial score (nSPS) is 12.5. The molecule has 0 saturated carbocycles. The van der Waals surface area contributed by atoms with Gasteiger partial charge in [0.15, 0.2) is 0 Å². The number of anilines is 1. The van der Waals surface area contributed by atoms with E-state index in [0.717, 1.165) is 24.5 Å². The van der Waals surface area contributed by atoms with Gasteiger partial charge in [-0.25, -0.2) is 0 Å². The average molecular weight is 252 g/mol. The molecule has 0 bridgehead atoms. The van der Waals surface area contributed by atoms with Gasteiger partial charge in [-0.1, -0.05) is 26.0 Å². The molecule has 0 fully saturated rings. The number of rotatable bonds is 8. The molecule has 0 radical (unpaired) electrons. The number of benzene rings is 1. The van der Waals surface area contributed by atoms with Crippen LogP contribution in [-0.4, -0.2) is 49.4 Å². The van der Waals surface area contributed by atoms with E-state index in [1.807, 2.05) is 24.3 Å². The lowest BCUT2D eigenvalue weighted by atomic mass is 10.2. The summed E-state index contributed by atoms with van der Waals surface area (Å²) in [5.41, 5.74) is 0.915.